The molecule has 2 aromatic heterocycles. The predicted molar refractivity (Wildman–Crippen MR) is 98.9 cm³/mol. The molecule has 0 aliphatic rings. The fourth-order valence-corrected chi connectivity index (χ4v) is 2.93. The maximum atomic E-state index is 6.35. The lowest BCUT2D eigenvalue weighted by atomic mass is 9.98. The Hall–Kier alpha value is -3.11. The first-order valence-corrected chi connectivity index (χ1v) is 8.10. The summed E-state index contributed by atoms with van der Waals surface area (Å²) >= 11 is 6.35. The van der Waals surface area contributed by atoms with Gasteiger partial charge in [-0.2, -0.15) is 0 Å². The van der Waals surface area contributed by atoms with E-state index in [2.05, 4.69) is 38.1 Å². The molecule has 0 spiro atoms. The molecule has 0 unspecified atom stereocenters. The molecular formula is C20H13ClN4. The number of hydrogen-bond acceptors (Lipinski definition) is 4. The van der Waals surface area contributed by atoms with Crippen LogP contribution in [0.3, 0.4) is 0 Å². The Labute approximate surface area is 150 Å². The van der Waals surface area contributed by atoms with E-state index in [1.165, 1.54) is 6.33 Å². The highest BCUT2D eigenvalue weighted by Crippen LogP contribution is 2.31. The molecule has 0 amide bonds. The van der Waals surface area contributed by atoms with Crippen LogP contribution in [0, 0.1) is 0 Å². The van der Waals surface area contributed by atoms with Gasteiger partial charge in [0.2, 0.25) is 0 Å². The zero-order chi connectivity index (χ0) is 17.1. The van der Waals surface area contributed by atoms with E-state index in [0.717, 1.165) is 33.5 Å². The van der Waals surface area contributed by atoms with Gasteiger partial charge in [-0.3, -0.25) is 0 Å². The Balaban J connectivity index is 1.79. The second kappa shape index (κ2) is 6.79. The van der Waals surface area contributed by atoms with Crippen LogP contribution in [-0.4, -0.2) is 19.9 Å². The van der Waals surface area contributed by atoms with Crippen LogP contribution in [0.25, 0.3) is 33.5 Å². The van der Waals surface area contributed by atoms with Crippen LogP contribution in [0.5, 0.6) is 0 Å². The van der Waals surface area contributed by atoms with Crippen molar-refractivity contribution in [3.05, 3.63) is 84.8 Å². The highest BCUT2D eigenvalue weighted by atomic mass is 35.5. The number of nitrogens with zero attached hydrogens (tertiary/aromatic N) is 4. The smallest absolute Gasteiger partial charge is 0.116 e. The van der Waals surface area contributed by atoms with Gasteiger partial charge < -0.3 is 0 Å². The standard InChI is InChI=1S/C20H13ClN4/c21-19-8-16(7-17(9-19)18-10-23-12-24-11-18)14-2-1-3-15(6-14)20-4-5-22-13-25-20/h1-13H. The molecule has 0 saturated heterocycles. The molecule has 120 valence electrons. The highest BCUT2D eigenvalue weighted by molar-refractivity contribution is 6.31. The first-order valence-electron chi connectivity index (χ1n) is 7.72. The van der Waals surface area contributed by atoms with Crippen LogP contribution in [-0.2, 0) is 0 Å². The van der Waals surface area contributed by atoms with Crippen molar-refractivity contribution in [2.75, 3.05) is 0 Å². The molecule has 4 rings (SSSR count). The largest absolute Gasteiger partial charge is 0.245 e. The minimum absolute atomic E-state index is 0.670. The maximum absolute atomic E-state index is 6.35. The number of benzene rings is 2. The number of halogens is 1. The fraction of sp³-hybridized carbons (Fsp3) is 0. The minimum Gasteiger partial charge on any atom is -0.245 e. The van der Waals surface area contributed by atoms with Crippen LogP contribution in [0.4, 0.5) is 0 Å². The van der Waals surface area contributed by atoms with Crippen molar-refractivity contribution >= 4 is 11.6 Å². The van der Waals surface area contributed by atoms with Gasteiger partial charge >= 0.3 is 0 Å². The van der Waals surface area contributed by atoms with Gasteiger partial charge in [0.15, 0.2) is 0 Å². The molecule has 5 heteroatoms. The van der Waals surface area contributed by atoms with Crippen molar-refractivity contribution in [1.29, 1.82) is 0 Å². The van der Waals surface area contributed by atoms with Gasteiger partial charge in [0.1, 0.15) is 12.7 Å². The minimum atomic E-state index is 0.670. The van der Waals surface area contributed by atoms with Crippen molar-refractivity contribution in [3.8, 4) is 33.5 Å². The Morgan fingerprint density at radius 2 is 1.36 bits per heavy atom. The van der Waals surface area contributed by atoms with Gasteiger partial charge in [0, 0.05) is 34.7 Å². The first-order chi connectivity index (χ1) is 12.3. The molecule has 0 radical (unpaired) electrons. The van der Waals surface area contributed by atoms with E-state index >= 15 is 0 Å². The van der Waals surface area contributed by atoms with Gasteiger partial charge in [0.25, 0.3) is 0 Å². The second-order valence-electron chi connectivity index (χ2n) is 5.53. The van der Waals surface area contributed by atoms with E-state index in [4.69, 9.17) is 11.6 Å². The van der Waals surface area contributed by atoms with E-state index in [-0.39, 0.29) is 0 Å². The Morgan fingerprint density at radius 3 is 2.12 bits per heavy atom. The van der Waals surface area contributed by atoms with Crippen LogP contribution >= 0.6 is 11.6 Å². The van der Waals surface area contributed by atoms with E-state index < -0.39 is 0 Å². The molecule has 0 atom stereocenters. The van der Waals surface area contributed by atoms with Gasteiger partial charge in [-0.1, -0.05) is 29.8 Å². The number of aromatic nitrogens is 4. The summed E-state index contributed by atoms with van der Waals surface area (Å²) in [4.78, 5) is 16.4. The lowest BCUT2D eigenvalue weighted by Gasteiger charge is -2.09. The molecule has 2 heterocycles. The van der Waals surface area contributed by atoms with Crippen molar-refractivity contribution in [2.45, 2.75) is 0 Å². The third-order valence-corrected chi connectivity index (χ3v) is 4.08. The molecular weight excluding hydrogens is 332 g/mol. The van der Waals surface area contributed by atoms with Crippen molar-refractivity contribution in [1.82, 2.24) is 19.9 Å². The van der Waals surface area contributed by atoms with Crippen LogP contribution in [0.1, 0.15) is 0 Å². The summed E-state index contributed by atoms with van der Waals surface area (Å²) < 4.78 is 0. The summed E-state index contributed by atoms with van der Waals surface area (Å²) in [6, 6.07) is 16.0. The first kappa shape index (κ1) is 15.4. The Morgan fingerprint density at radius 1 is 0.640 bits per heavy atom. The highest BCUT2D eigenvalue weighted by Gasteiger charge is 2.07. The molecule has 2 aromatic carbocycles. The summed E-state index contributed by atoms with van der Waals surface area (Å²) in [6.45, 7) is 0. The average molecular weight is 345 g/mol. The van der Waals surface area contributed by atoms with Crippen molar-refractivity contribution in [2.24, 2.45) is 0 Å². The van der Waals surface area contributed by atoms with E-state index in [0.29, 0.717) is 5.02 Å². The summed E-state index contributed by atoms with van der Waals surface area (Å²) in [7, 11) is 0. The van der Waals surface area contributed by atoms with E-state index in [1.807, 2.05) is 30.3 Å². The molecule has 0 saturated carbocycles. The lowest BCUT2D eigenvalue weighted by molar-refractivity contribution is 1.17. The molecule has 0 bridgehead atoms. The van der Waals surface area contributed by atoms with Crippen LogP contribution < -0.4 is 0 Å². The quantitative estimate of drug-likeness (QED) is 0.529. The van der Waals surface area contributed by atoms with Crippen LogP contribution in [0.2, 0.25) is 5.02 Å². The van der Waals surface area contributed by atoms with E-state index in [9.17, 15) is 0 Å². The third-order valence-electron chi connectivity index (χ3n) is 3.87. The number of hydrogen-bond donors (Lipinski definition) is 0. The summed E-state index contributed by atoms with van der Waals surface area (Å²) in [5, 5.41) is 0.670. The monoisotopic (exact) mass is 344 g/mol. The Kier molecular flexibility index (Phi) is 4.19. The molecule has 0 aliphatic heterocycles. The lowest BCUT2D eigenvalue weighted by Crippen LogP contribution is -1.87. The number of rotatable bonds is 3. The maximum Gasteiger partial charge on any atom is 0.116 e. The van der Waals surface area contributed by atoms with Gasteiger partial charge in [-0.25, -0.2) is 19.9 Å². The molecule has 4 aromatic rings. The predicted octanol–water partition coefficient (Wildman–Crippen LogP) is 4.92. The van der Waals surface area contributed by atoms with Gasteiger partial charge in [0.05, 0.1) is 5.69 Å². The molecule has 0 aliphatic carbocycles. The van der Waals surface area contributed by atoms with E-state index in [1.54, 1.807) is 24.9 Å². The normalized spacial score (nSPS) is 10.6. The van der Waals surface area contributed by atoms with Gasteiger partial charge in [-0.15, -0.1) is 0 Å². The average Bonchev–Trinajstić information content (AvgIpc) is 2.69. The topological polar surface area (TPSA) is 51.6 Å². The van der Waals surface area contributed by atoms with Crippen molar-refractivity contribution in [3.63, 3.8) is 0 Å². The summed E-state index contributed by atoms with van der Waals surface area (Å²) in [5.74, 6) is 0. The molecule has 0 N–H and O–H groups in total. The fourth-order valence-electron chi connectivity index (χ4n) is 2.69. The molecule has 25 heavy (non-hydrogen) atoms. The Bertz CT molecular complexity index is 1000. The zero-order valence-corrected chi connectivity index (χ0v) is 13.9. The molecule has 0 fully saturated rings. The third kappa shape index (κ3) is 3.39. The SMILES string of the molecule is Clc1cc(-c2cncnc2)cc(-c2cccc(-c3ccncn3)c2)c1. The zero-order valence-electron chi connectivity index (χ0n) is 13.2. The summed E-state index contributed by atoms with van der Waals surface area (Å²) in [6.07, 6.45) is 8.36. The summed E-state index contributed by atoms with van der Waals surface area (Å²) in [5.41, 5.74) is 5.92. The van der Waals surface area contributed by atoms with Crippen LogP contribution in [0.15, 0.2) is 79.8 Å². The molecule has 4 nitrogen and oxygen atoms in total. The van der Waals surface area contributed by atoms with Crippen molar-refractivity contribution < 1.29 is 0 Å². The van der Waals surface area contributed by atoms with Gasteiger partial charge in [-0.05, 0) is 47.0 Å². The second-order valence-corrected chi connectivity index (χ2v) is 5.97.